The van der Waals surface area contributed by atoms with Crippen molar-refractivity contribution in [2.24, 2.45) is 0 Å². The van der Waals surface area contributed by atoms with Crippen LogP contribution in [0.5, 0.6) is 0 Å². The number of benzene rings is 1. The molecular formula is C14H15ClN2O2S. The molecule has 1 heterocycles. The zero-order chi connectivity index (χ0) is 14.4. The maximum absolute atomic E-state index is 11.8. The van der Waals surface area contributed by atoms with Gasteiger partial charge >= 0.3 is 0 Å². The largest absolute Gasteiger partial charge is 0.378 e. The van der Waals surface area contributed by atoms with Crippen molar-refractivity contribution in [2.45, 2.75) is 19.6 Å². The van der Waals surface area contributed by atoms with Gasteiger partial charge in [0.2, 0.25) is 5.91 Å². The molecule has 2 aromatic rings. The fourth-order valence-corrected chi connectivity index (χ4v) is 2.65. The fourth-order valence-electron chi connectivity index (χ4n) is 1.68. The molecule has 0 radical (unpaired) electrons. The van der Waals surface area contributed by atoms with Crippen LogP contribution in [0.15, 0.2) is 29.6 Å². The lowest BCUT2D eigenvalue weighted by Crippen LogP contribution is -2.24. The Hall–Kier alpha value is -1.43. The van der Waals surface area contributed by atoms with Crippen LogP contribution < -0.4 is 5.32 Å². The number of amides is 1. The second-order valence-corrected chi connectivity index (χ2v) is 5.56. The number of hydrogen-bond acceptors (Lipinski definition) is 4. The molecule has 106 valence electrons. The molecule has 0 atom stereocenters. The first-order chi connectivity index (χ1) is 9.69. The first-order valence-electron chi connectivity index (χ1n) is 6.11. The van der Waals surface area contributed by atoms with Crippen molar-refractivity contribution in [3.8, 4) is 0 Å². The van der Waals surface area contributed by atoms with Crippen molar-refractivity contribution >= 4 is 28.8 Å². The summed E-state index contributed by atoms with van der Waals surface area (Å²) in [5.41, 5.74) is 1.67. The van der Waals surface area contributed by atoms with Gasteiger partial charge < -0.3 is 10.1 Å². The number of carbonyl (C=O) groups excluding carboxylic acids is 1. The van der Waals surface area contributed by atoms with E-state index in [0.717, 1.165) is 16.3 Å². The van der Waals surface area contributed by atoms with E-state index in [4.69, 9.17) is 16.3 Å². The topological polar surface area (TPSA) is 51.2 Å². The summed E-state index contributed by atoms with van der Waals surface area (Å²) in [6.45, 7) is 0.902. The van der Waals surface area contributed by atoms with Gasteiger partial charge in [-0.1, -0.05) is 29.8 Å². The number of thiazole rings is 1. The van der Waals surface area contributed by atoms with E-state index in [2.05, 4.69) is 10.3 Å². The van der Waals surface area contributed by atoms with Crippen molar-refractivity contribution in [1.29, 1.82) is 0 Å². The molecule has 1 aromatic carbocycles. The zero-order valence-electron chi connectivity index (χ0n) is 11.1. The third-order valence-electron chi connectivity index (χ3n) is 2.64. The average Bonchev–Trinajstić information content (AvgIpc) is 2.85. The van der Waals surface area contributed by atoms with Crippen LogP contribution in [0.25, 0.3) is 0 Å². The minimum absolute atomic E-state index is 0.0702. The Kier molecular flexibility index (Phi) is 5.52. The fraction of sp³-hybridized carbons (Fsp3) is 0.286. The molecule has 0 aliphatic carbocycles. The Bertz CT molecular complexity index is 586. The summed E-state index contributed by atoms with van der Waals surface area (Å²) >= 11 is 7.53. The van der Waals surface area contributed by atoms with Crippen LogP contribution >= 0.6 is 22.9 Å². The summed E-state index contributed by atoms with van der Waals surface area (Å²) in [4.78, 5) is 16.2. The molecule has 6 heteroatoms. The molecule has 0 fully saturated rings. The zero-order valence-corrected chi connectivity index (χ0v) is 12.6. The van der Waals surface area contributed by atoms with E-state index in [-0.39, 0.29) is 12.3 Å². The van der Waals surface area contributed by atoms with Crippen LogP contribution in [0.2, 0.25) is 5.02 Å². The molecule has 0 bridgehead atoms. The van der Waals surface area contributed by atoms with Gasteiger partial charge in [0.25, 0.3) is 0 Å². The van der Waals surface area contributed by atoms with Crippen molar-refractivity contribution in [3.05, 3.63) is 50.9 Å². The normalized spacial score (nSPS) is 10.5. The minimum Gasteiger partial charge on any atom is -0.378 e. The van der Waals surface area contributed by atoms with Gasteiger partial charge in [-0.2, -0.15) is 0 Å². The average molecular weight is 311 g/mol. The Labute approximate surface area is 126 Å². The van der Waals surface area contributed by atoms with Crippen molar-refractivity contribution in [3.63, 3.8) is 0 Å². The maximum Gasteiger partial charge on any atom is 0.226 e. The standard InChI is InChI=1S/C14H15ClN2O2S/c1-19-8-14-17-11(9-20-14)6-13(18)16-7-10-4-2-3-5-12(10)15/h2-5,9H,6-8H2,1H3,(H,16,18). The van der Waals surface area contributed by atoms with Gasteiger partial charge in [-0.15, -0.1) is 11.3 Å². The minimum atomic E-state index is -0.0702. The second kappa shape index (κ2) is 7.38. The number of nitrogens with zero attached hydrogens (tertiary/aromatic N) is 1. The van der Waals surface area contributed by atoms with Gasteiger partial charge in [-0.05, 0) is 11.6 Å². The first kappa shape index (κ1) is 15.0. The smallest absolute Gasteiger partial charge is 0.226 e. The Morgan fingerprint density at radius 1 is 1.45 bits per heavy atom. The monoisotopic (exact) mass is 310 g/mol. The Morgan fingerprint density at radius 2 is 2.25 bits per heavy atom. The Morgan fingerprint density at radius 3 is 3.00 bits per heavy atom. The summed E-state index contributed by atoms with van der Waals surface area (Å²) in [6, 6.07) is 7.45. The lowest BCUT2D eigenvalue weighted by Gasteiger charge is -2.05. The van der Waals surface area contributed by atoms with Crippen LogP contribution in [0.3, 0.4) is 0 Å². The SMILES string of the molecule is COCc1nc(CC(=O)NCc2ccccc2Cl)cs1. The van der Waals surface area contributed by atoms with Crippen molar-refractivity contribution in [2.75, 3.05) is 7.11 Å². The van der Waals surface area contributed by atoms with E-state index < -0.39 is 0 Å². The number of nitrogens with one attached hydrogen (secondary N) is 1. The molecule has 0 saturated heterocycles. The van der Waals surface area contributed by atoms with Gasteiger partial charge in [0, 0.05) is 24.1 Å². The van der Waals surface area contributed by atoms with Crippen LogP contribution in [-0.4, -0.2) is 18.0 Å². The number of carbonyl (C=O) groups is 1. The van der Waals surface area contributed by atoms with E-state index in [1.807, 2.05) is 23.6 Å². The van der Waals surface area contributed by atoms with Crippen LogP contribution in [0.1, 0.15) is 16.3 Å². The highest BCUT2D eigenvalue weighted by molar-refractivity contribution is 7.09. The van der Waals surface area contributed by atoms with Gasteiger partial charge in [-0.25, -0.2) is 4.98 Å². The molecule has 0 aliphatic rings. The lowest BCUT2D eigenvalue weighted by atomic mass is 10.2. The lowest BCUT2D eigenvalue weighted by molar-refractivity contribution is -0.120. The maximum atomic E-state index is 11.8. The highest BCUT2D eigenvalue weighted by Gasteiger charge is 2.08. The molecular weight excluding hydrogens is 296 g/mol. The van der Waals surface area contributed by atoms with Gasteiger partial charge in [0.15, 0.2) is 0 Å². The molecule has 20 heavy (non-hydrogen) atoms. The number of methoxy groups -OCH3 is 1. The van der Waals surface area contributed by atoms with Crippen molar-refractivity contribution < 1.29 is 9.53 Å². The van der Waals surface area contributed by atoms with Crippen LogP contribution in [0.4, 0.5) is 0 Å². The first-order valence-corrected chi connectivity index (χ1v) is 7.37. The van der Waals surface area contributed by atoms with Crippen molar-refractivity contribution in [1.82, 2.24) is 10.3 Å². The summed E-state index contributed by atoms with van der Waals surface area (Å²) in [5.74, 6) is -0.0702. The van der Waals surface area contributed by atoms with Crippen LogP contribution in [-0.2, 0) is 29.1 Å². The third kappa shape index (κ3) is 4.30. The summed E-state index contributed by atoms with van der Waals surface area (Å²) in [5, 5.41) is 6.25. The predicted molar refractivity (Wildman–Crippen MR) is 79.8 cm³/mol. The molecule has 1 N–H and O–H groups in total. The molecule has 2 rings (SSSR count). The Balaban J connectivity index is 1.84. The van der Waals surface area contributed by atoms with E-state index in [9.17, 15) is 4.79 Å². The van der Waals surface area contributed by atoms with Crippen LogP contribution in [0, 0.1) is 0 Å². The number of hydrogen-bond donors (Lipinski definition) is 1. The van der Waals surface area contributed by atoms with E-state index in [1.54, 1.807) is 13.2 Å². The quantitative estimate of drug-likeness (QED) is 0.892. The summed E-state index contributed by atoms with van der Waals surface area (Å²) in [7, 11) is 1.62. The number of aromatic nitrogens is 1. The van der Waals surface area contributed by atoms with E-state index in [0.29, 0.717) is 18.2 Å². The molecule has 0 unspecified atom stereocenters. The van der Waals surface area contributed by atoms with E-state index >= 15 is 0 Å². The molecule has 1 aromatic heterocycles. The number of halogens is 1. The highest BCUT2D eigenvalue weighted by Crippen LogP contribution is 2.14. The van der Waals surface area contributed by atoms with E-state index in [1.165, 1.54) is 11.3 Å². The molecule has 4 nitrogen and oxygen atoms in total. The second-order valence-electron chi connectivity index (χ2n) is 4.21. The number of rotatable bonds is 6. The highest BCUT2D eigenvalue weighted by atomic mass is 35.5. The van der Waals surface area contributed by atoms with Gasteiger partial charge in [0.1, 0.15) is 5.01 Å². The summed E-state index contributed by atoms with van der Waals surface area (Å²) in [6.07, 6.45) is 0.269. The van der Waals surface area contributed by atoms with Gasteiger partial charge in [-0.3, -0.25) is 4.79 Å². The molecule has 0 aliphatic heterocycles. The molecule has 0 spiro atoms. The van der Waals surface area contributed by atoms with Gasteiger partial charge in [0.05, 0.1) is 18.7 Å². The summed E-state index contributed by atoms with van der Waals surface area (Å²) < 4.78 is 5.00. The number of ether oxygens (including phenoxy) is 1. The molecule has 0 saturated carbocycles. The molecule has 1 amide bonds. The third-order valence-corrected chi connectivity index (χ3v) is 3.88. The predicted octanol–water partition coefficient (Wildman–Crippen LogP) is 2.80.